The Morgan fingerprint density at radius 1 is 1.00 bits per heavy atom. The van der Waals surface area contributed by atoms with Gasteiger partial charge >= 0.3 is 0 Å². The highest BCUT2D eigenvalue weighted by Gasteiger charge is 2.38. The van der Waals surface area contributed by atoms with Crippen molar-refractivity contribution in [3.8, 4) is 5.75 Å². The number of benzene rings is 2. The number of nitrogens with zero attached hydrogens (tertiary/aromatic N) is 1. The molecule has 1 aliphatic heterocycles. The van der Waals surface area contributed by atoms with Gasteiger partial charge in [-0.25, -0.2) is 0 Å². The van der Waals surface area contributed by atoms with E-state index in [1.54, 1.807) is 36.4 Å². The van der Waals surface area contributed by atoms with Crippen molar-refractivity contribution in [3.05, 3.63) is 59.2 Å². The Hall–Kier alpha value is -2.60. The van der Waals surface area contributed by atoms with Crippen LogP contribution in [0.25, 0.3) is 0 Å². The quantitative estimate of drug-likeness (QED) is 0.684. The number of aldehydes is 1. The average Bonchev–Trinajstić information content (AvgIpc) is 2.80. The molecule has 1 aliphatic rings. The van der Waals surface area contributed by atoms with Gasteiger partial charge in [0.2, 0.25) is 0 Å². The number of hydrogen-bond acceptors (Lipinski definition) is 4. The molecule has 3 rings (SSSR count). The third-order valence-corrected chi connectivity index (χ3v) is 6.51. The maximum Gasteiger partial charge on any atom is 0.262 e. The Bertz CT molecular complexity index is 825. The Balaban J connectivity index is 1.95. The SMILES string of the molecule is CS(C)(CN1C(=O)c2ccccc2C1=O)c1cccc(C=O)c1O. The predicted octanol–water partition coefficient (Wildman–Crippen LogP) is 2.88. The van der Waals surface area contributed by atoms with E-state index >= 15 is 0 Å². The summed E-state index contributed by atoms with van der Waals surface area (Å²) < 4.78 is 0. The van der Waals surface area contributed by atoms with E-state index in [2.05, 4.69) is 0 Å². The zero-order chi connectivity index (χ0) is 17.5. The number of rotatable bonds is 4. The van der Waals surface area contributed by atoms with Crippen molar-refractivity contribution in [1.29, 1.82) is 0 Å². The van der Waals surface area contributed by atoms with Gasteiger partial charge in [0.25, 0.3) is 11.8 Å². The van der Waals surface area contributed by atoms with Crippen molar-refractivity contribution >= 4 is 28.1 Å². The van der Waals surface area contributed by atoms with Gasteiger partial charge in [0.1, 0.15) is 5.75 Å². The lowest BCUT2D eigenvalue weighted by Gasteiger charge is -2.35. The Labute approximate surface area is 141 Å². The van der Waals surface area contributed by atoms with Crippen LogP contribution in [0.1, 0.15) is 31.1 Å². The molecule has 6 heteroatoms. The van der Waals surface area contributed by atoms with Crippen LogP contribution >= 0.6 is 10.0 Å². The molecule has 5 nitrogen and oxygen atoms in total. The van der Waals surface area contributed by atoms with Crippen LogP contribution in [0.5, 0.6) is 5.75 Å². The molecule has 0 unspecified atom stereocenters. The third kappa shape index (κ3) is 2.49. The predicted molar refractivity (Wildman–Crippen MR) is 93.0 cm³/mol. The maximum atomic E-state index is 12.5. The highest BCUT2D eigenvalue weighted by Crippen LogP contribution is 2.54. The molecule has 24 heavy (non-hydrogen) atoms. The van der Waals surface area contributed by atoms with Crippen LogP contribution in [0.3, 0.4) is 0 Å². The van der Waals surface area contributed by atoms with Crippen LogP contribution < -0.4 is 0 Å². The van der Waals surface area contributed by atoms with E-state index in [0.29, 0.717) is 22.3 Å². The minimum Gasteiger partial charge on any atom is -0.506 e. The summed E-state index contributed by atoms with van der Waals surface area (Å²) >= 11 is 0. The molecule has 0 radical (unpaired) electrons. The summed E-state index contributed by atoms with van der Waals surface area (Å²) in [5.74, 6) is -0.525. The molecule has 2 aromatic rings. The Kier molecular flexibility index (Phi) is 3.93. The molecule has 2 aromatic carbocycles. The van der Waals surface area contributed by atoms with Crippen LogP contribution in [0.2, 0.25) is 0 Å². The first kappa shape index (κ1) is 16.3. The van der Waals surface area contributed by atoms with Gasteiger partial charge in [-0.1, -0.05) is 18.2 Å². The largest absolute Gasteiger partial charge is 0.506 e. The van der Waals surface area contributed by atoms with Crippen LogP contribution in [0.4, 0.5) is 0 Å². The van der Waals surface area contributed by atoms with E-state index in [0.717, 1.165) is 0 Å². The van der Waals surface area contributed by atoms with Crippen molar-refractivity contribution in [2.75, 3.05) is 18.4 Å². The van der Waals surface area contributed by atoms with Crippen molar-refractivity contribution in [2.24, 2.45) is 0 Å². The lowest BCUT2D eigenvalue weighted by molar-refractivity contribution is 0.0682. The lowest BCUT2D eigenvalue weighted by Crippen LogP contribution is -2.33. The van der Waals surface area contributed by atoms with E-state index in [-0.39, 0.29) is 29.0 Å². The first-order chi connectivity index (χ1) is 11.4. The highest BCUT2D eigenvalue weighted by atomic mass is 32.3. The van der Waals surface area contributed by atoms with Crippen LogP contribution in [-0.4, -0.2) is 46.5 Å². The molecule has 0 aromatic heterocycles. The summed E-state index contributed by atoms with van der Waals surface area (Å²) in [6.45, 7) is 0. The normalized spacial score (nSPS) is 14.7. The number of phenolic OH excluding ortho intramolecular Hbond substituents is 1. The summed E-state index contributed by atoms with van der Waals surface area (Å²) in [7, 11) is -1.72. The molecule has 1 heterocycles. The minimum atomic E-state index is -1.72. The fourth-order valence-electron chi connectivity index (χ4n) is 2.83. The summed E-state index contributed by atoms with van der Waals surface area (Å²) in [4.78, 5) is 37.9. The molecular weight excluding hydrogens is 326 g/mol. The molecule has 124 valence electrons. The van der Waals surface area contributed by atoms with E-state index in [1.807, 2.05) is 12.5 Å². The van der Waals surface area contributed by atoms with Gasteiger partial charge in [-0.15, -0.1) is 0 Å². The number of para-hydroxylation sites is 1. The van der Waals surface area contributed by atoms with E-state index in [4.69, 9.17) is 0 Å². The molecule has 0 spiro atoms. The zero-order valence-electron chi connectivity index (χ0n) is 13.4. The standard InChI is InChI=1S/C18H17NO4S/c1-24(2,15-9-5-6-12(10-20)16(15)21)11-19-17(22)13-7-3-4-8-14(13)18(19)23/h3-10,21H,11H2,1-2H3. The Morgan fingerprint density at radius 2 is 1.58 bits per heavy atom. The van der Waals surface area contributed by atoms with E-state index in [9.17, 15) is 19.5 Å². The summed E-state index contributed by atoms with van der Waals surface area (Å²) in [6, 6.07) is 11.7. The maximum absolute atomic E-state index is 12.5. The molecule has 0 fully saturated rings. The van der Waals surface area contributed by atoms with Crippen molar-refractivity contribution in [1.82, 2.24) is 4.90 Å². The van der Waals surface area contributed by atoms with Gasteiger partial charge in [-0.2, -0.15) is 10.0 Å². The van der Waals surface area contributed by atoms with Crippen LogP contribution in [-0.2, 0) is 0 Å². The fraction of sp³-hybridized carbons (Fsp3) is 0.167. The van der Waals surface area contributed by atoms with E-state index < -0.39 is 10.0 Å². The topological polar surface area (TPSA) is 74.7 Å². The van der Waals surface area contributed by atoms with Gasteiger partial charge in [-0.3, -0.25) is 19.3 Å². The zero-order valence-corrected chi connectivity index (χ0v) is 14.2. The van der Waals surface area contributed by atoms with Gasteiger partial charge in [-0.05, 0) is 36.8 Å². The second kappa shape index (κ2) is 5.79. The highest BCUT2D eigenvalue weighted by molar-refractivity contribution is 8.32. The van der Waals surface area contributed by atoms with Gasteiger partial charge in [0.15, 0.2) is 6.29 Å². The smallest absolute Gasteiger partial charge is 0.262 e. The first-order valence-corrected chi connectivity index (χ1v) is 9.92. The second-order valence-electron chi connectivity index (χ2n) is 6.06. The molecule has 0 atom stereocenters. The van der Waals surface area contributed by atoms with E-state index in [1.165, 1.54) is 11.0 Å². The van der Waals surface area contributed by atoms with Crippen molar-refractivity contribution < 1.29 is 19.5 Å². The van der Waals surface area contributed by atoms with Crippen molar-refractivity contribution in [3.63, 3.8) is 0 Å². The molecule has 0 saturated carbocycles. The number of aromatic hydroxyl groups is 1. The summed E-state index contributed by atoms with van der Waals surface area (Å²) in [5, 5.41) is 10.3. The fourth-order valence-corrected chi connectivity index (χ4v) is 4.94. The third-order valence-electron chi connectivity index (χ3n) is 4.08. The number of carbonyl (C=O) groups is 3. The molecule has 1 N–H and O–H groups in total. The number of carbonyl (C=O) groups excluding carboxylic acids is 3. The average molecular weight is 343 g/mol. The number of fused-ring (bicyclic) bond motifs is 1. The monoisotopic (exact) mass is 343 g/mol. The van der Waals surface area contributed by atoms with Crippen LogP contribution in [0.15, 0.2) is 47.4 Å². The number of imide groups is 1. The minimum absolute atomic E-state index is 0.0795. The van der Waals surface area contributed by atoms with Gasteiger partial charge in [0.05, 0.1) is 22.6 Å². The van der Waals surface area contributed by atoms with Crippen LogP contribution in [0, 0.1) is 0 Å². The summed E-state index contributed by atoms with van der Waals surface area (Å²) in [5.41, 5.74) is 1.02. The molecule has 0 bridgehead atoms. The number of phenols is 1. The lowest BCUT2D eigenvalue weighted by atomic mass is 10.1. The summed E-state index contributed by atoms with van der Waals surface area (Å²) in [6.07, 6.45) is 4.40. The van der Waals surface area contributed by atoms with Crippen molar-refractivity contribution in [2.45, 2.75) is 4.90 Å². The van der Waals surface area contributed by atoms with Gasteiger partial charge in [0, 0.05) is 4.90 Å². The second-order valence-corrected chi connectivity index (χ2v) is 9.84. The van der Waals surface area contributed by atoms with Gasteiger partial charge < -0.3 is 5.11 Å². The number of hydrogen-bond donors (Lipinski definition) is 1. The molecule has 2 amide bonds. The molecular formula is C18H17NO4S. The molecule has 0 aliphatic carbocycles. The number of amides is 2. The molecule has 0 saturated heterocycles. The Morgan fingerprint density at radius 3 is 2.12 bits per heavy atom. The first-order valence-electron chi connectivity index (χ1n) is 7.30.